The Balaban J connectivity index is 1.28. The predicted octanol–water partition coefficient (Wildman–Crippen LogP) is 6.38. The van der Waals surface area contributed by atoms with E-state index in [1.807, 2.05) is 18.2 Å². The molecule has 3 aromatic rings. The van der Waals surface area contributed by atoms with Crippen LogP contribution in [0.5, 0.6) is 5.75 Å². The Kier molecular flexibility index (Phi) is 7.49. The van der Waals surface area contributed by atoms with E-state index < -0.39 is 0 Å². The largest absolute Gasteiger partial charge is 0.508 e. The van der Waals surface area contributed by atoms with Crippen LogP contribution < -0.4 is 0 Å². The van der Waals surface area contributed by atoms with Crippen LogP contribution in [0.2, 0.25) is 0 Å². The third-order valence-electron chi connectivity index (χ3n) is 4.77. The molecule has 0 unspecified atom stereocenters. The van der Waals surface area contributed by atoms with Gasteiger partial charge in [-0.2, -0.15) is 0 Å². The van der Waals surface area contributed by atoms with Crippen LogP contribution in [0.1, 0.15) is 36.8 Å². The van der Waals surface area contributed by atoms with Gasteiger partial charge < -0.3 is 9.84 Å². The third-order valence-corrected chi connectivity index (χ3v) is 4.77. The van der Waals surface area contributed by atoms with Gasteiger partial charge in [0.05, 0.1) is 6.61 Å². The minimum atomic E-state index is 0.306. The molecule has 0 aliphatic carbocycles. The summed E-state index contributed by atoms with van der Waals surface area (Å²) < 4.78 is 5.73. The van der Waals surface area contributed by atoms with Gasteiger partial charge in [-0.15, -0.1) is 0 Å². The van der Waals surface area contributed by atoms with Crippen molar-refractivity contribution in [1.82, 2.24) is 0 Å². The van der Waals surface area contributed by atoms with Crippen molar-refractivity contribution in [3.05, 3.63) is 90.0 Å². The summed E-state index contributed by atoms with van der Waals surface area (Å²) in [6, 6.07) is 26.5. The van der Waals surface area contributed by atoms with Crippen LogP contribution >= 0.6 is 0 Å². The van der Waals surface area contributed by atoms with E-state index in [2.05, 4.69) is 48.5 Å². The van der Waals surface area contributed by atoms with Gasteiger partial charge in [-0.3, -0.25) is 0 Å². The van der Waals surface area contributed by atoms with Crippen molar-refractivity contribution < 1.29 is 9.84 Å². The normalized spacial score (nSPS) is 10.8. The minimum Gasteiger partial charge on any atom is -0.508 e. The first kappa shape index (κ1) is 19.2. The molecule has 0 atom stereocenters. The second kappa shape index (κ2) is 10.5. The molecule has 0 amide bonds. The Bertz CT molecular complexity index is 777. The smallest absolute Gasteiger partial charge is 0.115 e. The minimum absolute atomic E-state index is 0.306. The van der Waals surface area contributed by atoms with Crippen molar-refractivity contribution in [1.29, 1.82) is 0 Å². The summed E-state index contributed by atoms with van der Waals surface area (Å²) in [5.41, 5.74) is 4.95. The molecule has 0 bridgehead atoms. The number of benzene rings is 3. The van der Waals surface area contributed by atoms with E-state index in [0.717, 1.165) is 25.0 Å². The van der Waals surface area contributed by atoms with Gasteiger partial charge in [-0.1, -0.05) is 79.6 Å². The average Bonchev–Trinajstić information content (AvgIpc) is 2.72. The monoisotopic (exact) mass is 360 g/mol. The molecule has 0 aromatic heterocycles. The highest BCUT2D eigenvalue weighted by Gasteiger charge is 1.99. The van der Waals surface area contributed by atoms with E-state index in [0.29, 0.717) is 12.4 Å². The molecule has 1 N–H and O–H groups in total. The Labute approximate surface area is 162 Å². The fourth-order valence-corrected chi connectivity index (χ4v) is 3.17. The summed E-state index contributed by atoms with van der Waals surface area (Å²) in [5.74, 6) is 0.306. The maximum Gasteiger partial charge on any atom is 0.115 e. The first-order valence-corrected chi connectivity index (χ1v) is 9.81. The number of aromatic hydroxyl groups is 1. The number of rotatable bonds is 10. The first-order valence-electron chi connectivity index (χ1n) is 9.81. The average molecular weight is 360 g/mol. The lowest BCUT2D eigenvalue weighted by molar-refractivity contribution is 0.116. The van der Waals surface area contributed by atoms with Gasteiger partial charge in [-0.05, 0) is 53.6 Å². The van der Waals surface area contributed by atoms with Crippen LogP contribution in [0.4, 0.5) is 0 Å². The molecule has 0 spiro atoms. The molecular formula is C25H28O2. The van der Waals surface area contributed by atoms with Gasteiger partial charge in [0, 0.05) is 6.61 Å². The Morgan fingerprint density at radius 1 is 0.593 bits per heavy atom. The van der Waals surface area contributed by atoms with Crippen molar-refractivity contribution in [2.45, 2.75) is 38.7 Å². The lowest BCUT2D eigenvalue weighted by Crippen LogP contribution is -1.95. The fraction of sp³-hybridized carbons (Fsp3) is 0.280. The summed E-state index contributed by atoms with van der Waals surface area (Å²) in [6.07, 6.45) is 5.94. The van der Waals surface area contributed by atoms with Gasteiger partial charge in [0.15, 0.2) is 0 Å². The quantitative estimate of drug-likeness (QED) is 0.425. The molecule has 3 aromatic carbocycles. The van der Waals surface area contributed by atoms with E-state index in [4.69, 9.17) is 4.74 Å². The number of ether oxygens (including phenoxy) is 1. The molecule has 0 radical (unpaired) electrons. The number of unbranched alkanes of at least 4 members (excludes halogenated alkanes) is 3. The zero-order valence-electron chi connectivity index (χ0n) is 15.8. The second-order valence-corrected chi connectivity index (χ2v) is 6.95. The zero-order chi connectivity index (χ0) is 18.7. The summed E-state index contributed by atoms with van der Waals surface area (Å²) in [6.45, 7) is 1.56. The first-order chi connectivity index (χ1) is 13.3. The number of phenols is 1. The number of phenolic OH excluding ortho intramolecular Hbond substituents is 1. The molecule has 2 nitrogen and oxygen atoms in total. The lowest BCUT2D eigenvalue weighted by Gasteiger charge is -2.06. The number of hydrogen-bond acceptors (Lipinski definition) is 2. The van der Waals surface area contributed by atoms with E-state index in [9.17, 15) is 5.11 Å². The molecule has 0 saturated heterocycles. The van der Waals surface area contributed by atoms with Crippen molar-refractivity contribution in [3.63, 3.8) is 0 Å². The SMILES string of the molecule is Oc1ccc(-c2ccc(CCCCCCOCc3ccccc3)cc2)cc1. The zero-order valence-corrected chi connectivity index (χ0v) is 15.8. The number of aryl methyl sites for hydroxylation is 1. The third kappa shape index (κ3) is 6.58. The second-order valence-electron chi connectivity index (χ2n) is 6.95. The highest BCUT2D eigenvalue weighted by Crippen LogP contribution is 2.22. The highest BCUT2D eigenvalue weighted by molar-refractivity contribution is 5.64. The van der Waals surface area contributed by atoms with Crippen LogP contribution in [-0.4, -0.2) is 11.7 Å². The summed E-state index contributed by atoms with van der Waals surface area (Å²) in [5, 5.41) is 9.38. The predicted molar refractivity (Wildman–Crippen MR) is 112 cm³/mol. The van der Waals surface area contributed by atoms with Gasteiger partial charge in [0.2, 0.25) is 0 Å². The highest BCUT2D eigenvalue weighted by atomic mass is 16.5. The molecule has 27 heavy (non-hydrogen) atoms. The Hall–Kier alpha value is -2.58. The van der Waals surface area contributed by atoms with Crippen molar-refractivity contribution >= 4 is 0 Å². The van der Waals surface area contributed by atoms with Gasteiger partial charge in [0.25, 0.3) is 0 Å². The molecule has 3 rings (SSSR count). The number of hydrogen-bond donors (Lipinski definition) is 1. The molecule has 0 heterocycles. The lowest BCUT2D eigenvalue weighted by atomic mass is 10.0. The Morgan fingerprint density at radius 3 is 1.93 bits per heavy atom. The standard InChI is InChI=1S/C25H28O2/c26-25-17-15-24(16-18-25)23-13-11-21(12-14-23)8-4-1-2-7-19-27-20-22-9-5-3-6-10-22/h3,5-6,9-18,26H,1-2,4,7-8,19-20H2. The molecule has 2 heteroatoms. The maximum absolute atomic E-state index is 9.38. The summed E-state index contributed by atoms with van der Waals surface area (Å²) >= 11 is 0. The fourth-order valence-electron chi connectivity index (χ4n) is 3.17. The van der Waals surface area contributed by atoms with Crippen LogP contribution in [0.25, 0.3) is 11.1 Å². The van der Waals surface area contributed by atoms with E-state index >= 15 is 0 Å². The summed E-state index contributed by atoms with van der Waals surface area (Å²) in [7, 11) is 0. The maximum atomic E-state index is 9.38. The topological polar surface area (TPSA) is 29.5 Å². The van der Waals surface area contributed by atoms with Crippen molar-refractivity contribution in [2.75, 3.05) is 6.61 Å². The van der Waals surface area contributed by atoms with Crippen LogP contribution in [0.3, 0.4) is 0 Å². The summed E-state index contributed by atoms with van der Waals surface area (Å²) in [4.78, 5) is 0. The molecule has 0 saturated carbocycles. The van der Waals surface area contributed by atoms with Gasteiger partial charge >= 0.3 is 0 Å². The molecule has 0 fully saturated rings. The van der Waals surface area contributed by atoms with Gasteiger partial charge in [0.1, 0.15) is 5.75 Å². The van der Waals surface area contributed by atoms with Gasteiger partial charge in [-0.25, -0.2) is 0 Å². The molecule has 140 valence electrons. The van der Waals surface area contributed by atoms with Crippen molar-refractivity contribution in [2.24, 2.45) is 0 Å². The molecular weight excluding hydrogens is 332 g/mol. The van der Waals surface area contributed by atoms with E-state index in [-0.39, 0.29) is 0 Å². The Morgan fingerprint density at radius 2 is 1.22 bits per heavy atom. The molecule has 0 aliphatic heterocycles. The van der Waals surface area contributed by atoms with Crippen LogP contribution in [0.15, 0.2) is 78.9 Å². The van der Waals surface area contributed by atoms with Crippen molar-refractivity contribution in [3.8, 4) is 16.9 Å². The van der Waals surface area contributed by atoms with E-state index in [1.165, 1.54) is 36.0 Å². The van der Waals surface area contributed by atoms with E-state index in [1.54, 1.807) is 12.1 Å². The molecule has 0 aliphatic rings. The van der Waals surface area contributed by atoms with Crippen LogP contribution in [0, 0.1) is 0 Å². The van der Waals surface area contributed by atoms with Crippen LogP contribution in [-0.2, 0) is 17.8 Å².